The number of halogens is 4. The number of aromatic nitrogens is 1. The molecule has 0 spiro atoms. The molecule has 1 heterocycles. The van der Waals surface area contributed by atoms with Gasteiger partial charge in [-0.2, -0.15) is 0 Å². The Hall–Kier alpha value is -1.06. The fourth-order valence-corrected chi connectivity index (χ4v) is 1.32. The molecule has 0 saturated heterocycles. The monoisotopic (exact) mass is 347 g/mol. The molecule has 4 nitrogen and oxygen atoms in total. The van der Waals surface area contributed by atoms with Crippen LogP contribution < -0.4 is 4.74 Å². The number of carboxylic acids is 1. The molecule has 8 heteroatoms. The van der Waals surface area contributed by atoms with Gasteiger partial charge in [-0.3, -0.25) is 0 Å². The Morgan fingerprint density at radius 3 is 2.56 bits per heavy atom. The van der Waals surface area contributed by atoms with Crippen molar-refractivity contribution in [3.8, 4) is 5.75 Å². The molecule has 0 amide bonds. The van der Waals surface area contributed by atoms with E-state index < -0.39 is 23.8 Å². The molecule has 0 fully saturated rings. The van der Waals surface area contributed by atoms with E-state index in [-0.39, 0.29) is 9.26 Å². The number of ether oxygens (including phenoxy) is 1. The predicted octanol–water partition coefficient (Wildman–Crippen LogP) is 2.59. The number of nitrogens with zero attached hydrogens (tertiary/aromatic N) is 1. The number of aromatic carboxylic acids is 1. The lowest BCUT2D eigenvalue weighted by molar-refractivity contribution is -0.275. The smallest absolute Gasteiger partial charge is 0.477 e. The Kier molecular flexibility index (Phi) is 3.61. The third-order valence-corrected chi connectivity index (χ3v) is 2.85. The molecule has 16 heavy (non-hydrogen) atoms. The number of pyridine rings is 1. The van der Waals surface area contributed by atoms with E-state index in [2.05, 4.69) is 9.72 Å². The van der Waals surface area contributed by atoms with Gasteiger partial charge in [-0.05, 0) is 29.5 Å². The van der Waals surface area contributed by atoms with Crippen LogP contribution in [0.3, 0.4) is 0 Å². The van der Waals surface area contributed by atoms with Crippen LogP contribution in [-0.2, 0) is 0 Å². The standard InChI is InChI=1S/C8H5F3INO3/c1-3-6(12)5(16-8(9,10)11)2-4(13-3)7(14)15/h2H,1H3,(H,14,15). The van der Waals surface area contributed by atoms with Crippen LogP contribution >= 0.6 is 22.6 Å². The van der Waals surface area contributed by atoms with Gasteiger partial charge in [-0.25, -0.2) is 9.78 Å². The number of carboxylic acid groups (broad SMARTS) is 1. The molecule has 0 bridgehead atoms. The minimum Gasteiger partial charge on any atom is -0.477 e. The highest BCUT2D eigenvalue weighted by atomic mass is 127. The van der Waals surface area contributed by atoms with Gasteiger partial charge in [0.25, 0.3) is 0 Å². The zero-order valence-electron chi connectivity index (χ0n) is 7.80. The molecule has 0 aromatic carbocycles. The normalized spacial score (nSPS) is 11.3. The molecule has 0 aliphatic carbocycles. The first kappa shape index (κ1) is 13.0. The molecule has 0 aliphatic heterocycles. The summed E-state index contributed by atoms with van der Waals surface area (Å²) in [6.07, 6.45) is -4.86. The third kappa shape index (κ3) is 3.22. The van der Waals surface area contributed by atoms with E-state index in [4.69, 9.17) is 5.11 Å². The second-order valence-electron chi connectivity index (χ2n) is 2.76. The number of hydrogen-bond donors (Lipinski definition) is 1. The van der Waals surface area contributed by atoms with Crippen molar-refractivity contribution in [3.05, 3.63) is 21.0 Å². The van der Waals surface area contributed by atoms with Gasteiger partial charge in [0.1, 0.15) is 5.75 Å². The van der Waals surface area contributed by atoms with Crippen molar-refractivity contribution in [2.45, 2.75) is 13.3 Å². The van der Waals surface area contributed by atoms with E-state index in [9.17, 15) is 18.0 Å². The quantitative estimate of drug-likeness (QED) is 0.836. The van der Waals surface area contributed by atoms with Crippen molar-refractivity contribution in [3.63, 3.8) is 0 Å². The fraction of sp³-hybridized carbons (Fsp3) is 0.250. The van der Waals surface area contributed by atoms with Gasteiger partial charge < -0.3 is 9.84 Å². The van der Waals surface area contributed by atoms with Crippen LogP contribution in [0.5, 0.6) is 5.75 Å². The fourth-order valence-electron chi connectivity index (χ4n) is 0.936. The Morgan fingerprint density at radius 1 is 1.56 bits per heavy atom. The summed E-state index contributed by atoms with van der Waals surface area (Å²) in [6, 6.07) is 0.741. The second-order valence-corrected chi connectivity index (χ2v) is 3.84. The Labute approximate surface area is 102 Å². The first-order chi connectivity index (χ1) is 7.20. The van der Waals surface area contributed by atoms with Crippen LogP contribution in [0, 0.1) is 10.5 Å². The highest BCUT2D eigenvalue weighted by Crippen LogP contribution is 2.29. The van der Waals surface area contributed by atoms with E-state index in [1.807, 2.05) is 0 Å². The van der Waals surface area contributed by atoms with E-state index >= 15 is 0 Å². The molecule has 0 radical (unpaired) electrons. The largest absolute Gasteiger partial charge is 0.573 e. The lowest BCUT2D eigenvalue weighted by Gasteiger charge is -2.12. The molecule has 0 saturated carbocycles. The first-order valence-electron chi connectivity index (χ1n) is 3.87. The lowest BCUT2D eigenvalue weighted by atomic mass is 10.3. The number of rotatable bonds is 2. The maximum Gasteiger partial charge on any atom is 0.573 e. The van der Waals surface area contributed by atoms with Crippen molar-refractivity contribution < 1.29 is 27.8 Å². The van der Waals surface area contributed by atoms with E-state index in [1.165, 1.54) is 6.92 Å². The second kappa shape index (κ2) is 4.44. The average Bonchev–Trinajstić information content (AvgIpc) is 2.10. The highest BCUT2D eigenvalue weighted by molar-refractivity contribution is 14.1. The van der Waals surface area contributed by atoms with Crippen molar-refractivity contribution in [1.29, 1.82) is 0 Å². The van der Waals surface area contributed by atoms with E-state index in [0.717, 1.165) is 6.07 Å². The minimum atomic E-state index is -4.86. The third-order valence-electron chi connectivity index (χ3n) is 1.53. The van der Waals surface area contributed by atoms with Gasteiger partial charge in [0, 0.05) is 6.07 Å². The molecule has 1 aromatic heterocycles. The number of carbonyl (C=O) groups is 1. The summed E-state index contributed by atoms with van der Waals surface area (Å²) in [6.45, 7) is 1.40. The molecular formula is C8H5F3INO3. The Morgan fingerprint density at radius 2 is 2.12 bits per heavy atom. The Bertz CT molecular complexity index is 433. The molecule has 88 valence electrons. The van der Waals surface area contributed by atoms with Crippen molar-refractivity contribution >= 4 is 28.6 Å². The Balaban J connectivity index is 3.22. The topological polar surface area (TPSA) is 59.4 Å². The van der Waals surface area contributed by atoms with Crippen molar-refractivity contribution in [2.75, 3.05) is 0 Å². The van der Waals surface area contributed by atoms with Gasteiger partial charge in [0.2, 0.25) is 0 Å². The van der Waals surface area contributed by atoms with E-state index in [1.54, 1.807) is 22.6 Å². The number of aryl methyl sites for hydroxylation is 1. The van der Waals surface area contributed by atoms with Gasteiger partial charge in [-0.1, -0.05) is 0 Å². The number of alkyl halides is 3. The minimum absolute atomic E-state index is 0.125. The lowest BCUT2D eigenvalue weighted by Crippen LogP contribution is -2.19. The van der Waals surface area contributed by atoms with Gasteiger partial charge >= 0.3 is 12.3 Å². The summed E-state index contributed by atoms with van der Waals surface area (Å²) in [4.78, 5) is 14.2. The maximum absolute atomic E-state index is 12.0. The zero-order chi connectivity index (χ0) is 12.5. The highest BCUT2D eigenvalue weighted by Gasteiger charge is 2.32. The van der Waals surface area contributed by atoms with Crippen LogP contribution in [-0.4, -0.2) is 22.4 Å². The summed E-state index contributed by atoms with van der Waals surface area (Å²) in [7, 11) is 0. The summed E-state index contributed by atoms with van der Waals surface area (Å²) < 4.78 is 39.8. The van der Waals surface area contributed by atoms with Crippen LogP contribution in [0.1, 0.15) is 16.2 Å². The first-order valence-corrected chi connectivity index (χ1v) is 4.95. The zero-order valence-corrected chi connectivity index (χ0v) is 9.96. The summed E-state index contributed by atoms with van der Waals surface area (Å²) in [5.41, 5.74) is -0.322. The van der Waals surface area contributed by atoms with Gasteiger partial charge in [0.05, 0.1) is 9.26 Å². The molecule has 0 atom stereocenters. The molecule has 0 aliphatic rings. The van der Waals surface area contributed by atoms with Gasteiger partial charge in [-0.15, -0.1) is 13.2 Å². The SMILES string of the molecule is Cc1nc(C(=O)O)cc(OC(F)(F)F)c1I. The number of hydrogen-bond acceptors (Lipinski definition) is 3. The summed E-state index contributed by atoms with van der Waals surface area (Å²) in [5, 5.41) is 8.62. The molecule has 1 N–H and O–H groups in total. The van der Waals surface area contributed by atoms with Crippen LogP contribution in [0.25, 0.3) is 0 Å². The van der Waals surface area contributed by atoms with E-state index in [0.29, 0.717) is 0 Å². The molecular weight excluding hydrogens is 342 g/mol. The van der Waals surface area contributed by atoms with Crippen LogP contribution in [0.2, 0.25) is 0 Å². The maximum atomic E-state index is 12.0. The van der Waals surface area contributed by atoms with Crippen LogP contribution in [0.4, 0.5) is 13.2 Å². The summed E-state index contributed by atoms with van der Waals surface area (Å²) in [5.74, 6) is -1.97. The summed E-state index contributed by atoms with van der Waals surface area (Å²) >= 11 is 1.60. The molecule has 1 aromatic rings. The van der Waals surface area contributed by atoms with Crippen molar-refractivity contribution in [2.24, 2.45) is 0 Å². The molecule has 0 unspecified atom stereocenters. The average molecular weight is 347 g/mol. The van der Waals surface area contributed by atoms with Crippen molar-refractivity contribution in [1.82, 2.24) is 4.98 Å². The van der Waals surface area contributed by atoms with Crippen LogP contribution in [0.15, 0.2) is 6.07 Å². The molecule has 1 rings (SSSR count). The predicted molar refractivity (Wildman–Crippen MR) is 55.3 cm³/mol. The van der Waals surface area contributed by atoms with Gasteiger partial charge in [0.15, 0.2) is 5.69 Å².